The average molecular weight is 390 g/mol. The van der Waals surface area contributed by atoms with E-state index in [4.69, 9.17) is 11.6 Å². The van der Waals surface area contributed by atoms with Crippen LogP contribution in [0, 0.1) is 13.8 Å². The summed E-state index contributed by atoms with van der Waals surface area (Å²) in [5.74, 6) is 0. The van der Waals surface area contributed by atoms with Gasteiger partial charge in [-0.1, -0.05) is 23.7 Å². The van der Waals surface area contributed by atoms with Crippen molar-refractivity contribution < 1.29 is 4.79 Å². The minimum absolute atomic E-state index is 0.298. The Hall–Kier alpha value is -2.18. The molecule has 26 heavy (non-hydrogen) atoms. The molecule has 0 atom stereocenters. The standard InChI is InChI=1S/C19H20ClN3O2S/c1-12-11-13(2)22-17-16(12)18(24)23(26-17)19(25)21-10-4-3-5-14-6-8-15(20)9-7-14/h6-9,11H,3-5,10H2,1-2H3,(H,21,25). The van der Waals surface area contributed by atoms with Crippen molar-refractivity contribution in [2.75, 3.05) is 6.54 Å². The van der Waals surface area contributed by atoms with Gasteiger partial charge in [-0.05, 0) is 74.0 Å². The van der Waals surface area contributed by atoms with E-state index in [0.717, 1.165) is 51.0 Å². The van der Waals surface area contributed by atoms with Crippen LogP contribution in [-0.4, -0.2) is 21.5 Å². The lowest BCUT2D eigenvalue weighted by Crippen LogP contribution is -2.33. The second kappa shape index (κ2) is 8.01. The molecule has 7 heteroatoms. The number of aryl methyl sites for hydroxylation is 3. The molecule has 1 amide bonds. The highest BCUT2D eigenvalue weighted by Crippen LogP contribution is 2.18. The second-order valence-corrected chi connectivity index (χ2v) is 7.64. The number of hydrogen-bond acceptors (Lipinski definition) is 4. The second-order valence-electron chi connectivity index (χ2n) is 6.27. The van der Waals surface area contributed by atoms with E-state index in [1.54, 1.807) is 0 Å². The monoisotopic (exact) mass is 389 g/mol. The number of amides is 1. The van der Waals surface area contributed by atoms with E-state index in [0.29, 0.717) is 16.8 Å². The molecule has 5 nitrogen and oxygen atoms in total. The number of pyridine rings is 1. The number of carbonyl (C=O) groups excluding carboxylic acids is 1. The van der Waals surface area contributed by atoms with Crippen molar-refractivity contribution in [3.8, 4) is 0 Å². The molecular weight excluding hydrogens is 370 g/mol. The van der Waals surface area contributed by atoms with Crippen molar-refractivity contribution in [3.63, 3.8) is 0 Å². The first-order chi connectivity index (χ1) is 12.5. The Morgan fingerprint density at radius 3 is 2.69 bits per heavy atom. The van der Waals surface area contributed by atoms with Gasteiger partial charge in [0, 0.05) is 17.3 Å². The number of hydrogen-bond donors (Lipinski definition) is 1. The Kier molecular flexibility index (Phi) is 5.74. The molecule has 0 bridgehead atoms. The van der Waals surface area contributed by atoms with E-state index < -0.39 is 0 Å². The zero-order chi connectivity index (χ0) is 18.7. The number of halogens is 1. The normalized spacial score (nSPS) is 11.0. The van der Waals surface area contributed by atoms with Gasteiger partial charge in [0.2, 0.25) is 0 Å². The highest BCUT2D eigenvalue weighted by Gasteiger charge is 2.16. The Labute approximate surface area is 160 Å². The molecule has 136 valence electrons. The third kappa shape index (κ3) is 4.14. The van der Waals surface area contributed by atoms with Crippen LogP contribution in [0.3, 0.4) is 0 Å². The summed E-state index contributed by atoms with van der Waals surface area (Å²) in [5, 5.41) is 4.07. The van der Waals surface area contributed by atoms with Crippen molar-refractivity contribution >= 4 is 39.4 Å². The molecule has 2 heterocycles. The number of benzene rings is 1. The van der Waals surface area contributed by atoms with Crippen LogP contribution in [0.4, 0.5) is 4.79 Å². The lowest BCUT2D eigenvalue weighted by Gasteiger charge is -2.05. The first-order valence-electron chi connectivity index (χ1n) is 8.48. The lowest BCUT2D eigenvalue weighted by atomic mass is 10.1. The third-order valence-electron chi connectivity index (χ3n) is 4.15. The Balaban J connectivity index is 1.56. The van der Waals surface area contributed by atoms with Gasteiger partial charge in [-0.25, -0.2) is 9.78 Å². The summed E-state index contributed by atoms with van der Waals surface area (Å²) in [6.45, 7) is 4.27. The molecule has 1 aromatic carbocycles. The Morgan fingerprint density at radius 1 is 1.23 bits per heavy atom. The molecule has 0 radical (unpaired) electrons. The fraction of sp³-hybridized carbons (Fsp3) is 0.316. The maximum absolute atomic E-state index is 12.5. The van der Waals surface area contributed by atoms with E-state index in [1.807, 2.05) is 44.2 Å². The zero-order valence-electron chi connectivity index (χ0n) is 14.7. The van der Waals surface area contributed by atoms with Crippen LogP contribution in [0.2, 0.25) is 5.02 Å². The quantitative estimate of drug-likeness (QED) is 0.661. The number of nitrogens with one attached hydrogen (secondary N) is 1. The fourth-order valence-electron chi connectivity index (χ4n) is 2.86. The number of fused-ring (bicyclic) bond motifs is 1. The first kappa shape index (κ1) is 18.6. The zero-order valence-corrected chi connectivity index (χ0v) is 16.3. The van der Waals surface area contributed by atoms with Crippen LogP contribution in [-0.2, 0) is 6.42 Å². The summed E-state index contributed by atoms with van der Waals surface area (Å²) < 4.78 is 1.16. The first-order valence-corrected chi connectivity index (χ1v) is 9.64. The van der Waals surface area contributed by atoms with Gasteiger partial charge in [0.1, 0.15) is 4.83 Å². The number of unbranched alkanes of at least 4 members (excludes halogenated alkanes) is 1. The Bertz CT molecular complexity index is 992. The van der Waals surface area contributed by atoms with Crippen LogP contribution >= 0.6 is 23.1 Å². The minimum atomic E-state index is -0.387. The third-order valence-corrected chi connectivity index (χ3v) is 5.39. The highest BCUT2D eigenvalue weighted by atomic mass is 35.5. The van der Waals surface area contributed by atoms with E-state index in [1.165, 1.54) is 5.56 Å². The molecule has 0 aliphatic carbocycles. The van der Waals surface area contributed by atoms with E-state index in [9.17, 15) is 9.59 Å². The molecule has 0 saturated heterocycles. The molecule has 1 N–H and O–H groups in total. The van der Waals surface area contributed by atoms with Crippen molar-refractivity contribution in [3.05, 3.63) is 62.5 Å². The van der Waals surface area contributed by atoms with Crippen LogP contribution in [0.15, 0.2) is 35.1 Å². The maximum atomic E-state index is 12.5. The summed E-state index contributed by atoms with van der Waals surface area (Å²) in [5.41, 5.74) is 2.61. The van der Waals surface area contributed by atoms with Crippen molar-refractivity contribution in [2.24, 2.45) is 0 Å². The molecule has 3 rings (SSSR count). The van der Waals surface area contributed by atoms with Gasteiger partial charge in [-0.3, -0.25) is 4.79 Å². The van der Waals surface area contributed by atoms with Gasteiger partial charge in [0.25, 0.3) is 5.56 Å². The van der Waals surface area contributed by atoms with E-state index in [-0.39, 0.29) is 11.6 Å². The summed E-state index contributed by atoms with van der Waals surface area (Å²) in [7, 11) is 0. The topological polar surface area (TPSA) is 64.0 Å². The largest absolute Gasteiger partial charge is 0.338 e. The molecule has 0 spiro atoms. The lowest BCUT2D eigenvalue weighted by molar-refractivity contribution is 0.243. The number of aromatic nitrogens is 2. The molecule has 0 unspecified atom stereocenters. The van der Waals surface area contributed by atoms with Crippen LogP contribution < -0.4 is 10.9 Å². The smallest absolute Gasteiger partial charge is 0.337 e. The fourth-order valence-corrected chi connectivity index (χ4v) is 4.01. The maximum Gasteiger partial charge on any atom is 0.338 e. The van der Waals surface area contributed by atoms with Gasteiger partial charge in [-0.15, -0.1) is 0 Å². The molecular formula is C19H20ClN3O2S. The van der Waals surface area contributed by atoms with Crippen molar-refractivity contribution in [1.82, 2.24) is 14.3 Å². The summed E-state index contributed by atoms with van der Waals surface area (Å²) in [6.07, 6.45) is 2.71. The highest BCUT2D eigenvalue weighted by molar-refractivity contribution is 7.14. The van der Waals surface area contributed by atoms with Crippen molar-refractivity contribution in [2.45, 2.75) is 33.1 Å². The number of rotatable bonds is 5. The van der Waals surface area contributed by atoms with Crippen LogP contribution in [0.25, 0.3) is 10.2 Å². The van der Waals surface area contributed by atoms with E-state index >= 15 is 0 Å². The predicted molar refractivity (Wildman–Crippen MR) is 107 cm³/mol. The molecule has 2 aromatic heterocycles. The molecule has 0 saturated carbocycles. The molecule has 3 aromatic rings. The van der Waals surface area contributed by atoms with Gasteiger partial charge in [0.15, 0.2) is 0 Å². The minimum Gasteiger partial charge on any atom is -0.337 e. The summed E-state index contributed by atoms with van der Waals surface area (Å²) in [6, 6.07) is 9.25. The van der Waals surface area contributed by atoms with Gasteiger partial charge in [0.05, 0.1) is 5.39 Å². The summed E-state index contributed by atoms with van der Waals surface area (Å²) >= 11 is 6.96. The van der Waals surface area contributed by atoms with Gasteiger partial charge in [-0.2, -0.15) is 3.96 Å². The number of carbonyl (C=O) groups is 1. The number of nitrogens with zero attached hydrogens (tertiary/aromatic N) is 2. The molecule has 0 fully saturated rings. The van der Waals surface area contributed by atoms with Crippen molar-refractivity contribution in [1.29, 1.82) is 0 Å². The molecule has 0 aliphatic heterocycles. The molecule has 0 aliphatic rings. The summed E-state index contributed by atoms with van der Waals surface area (Å²) in [4.78, 5) is 29.7. The van der Waals surface area contributed by atoms with Crippen LogP contribution in [0.5, 0.6) is 0 Å². The Morgan fingerprint density at radius 2 is 1.96 bits per heavy atom. The van der Waals surface area contributed by atoms with E-state index in [2.05, 4.69) is 10.3 Å². The SMILES string of the molecule is Cc1cc(C)c2c(=O)n(C(=O)NCCCCc3ccc(Cl)cc3)sc2n1. The van der Waals surface area contributed by atoms with Gasteiger partial charge < -0.3 is 5.32 Å². The average Bonchev–Trinajstić information content (AvgIpc) is 2.93. The van der Waals surface area contributed by atoms with Gasteiger partial charge >= 0.3 is 6.03 Å². The van der Waals surface area contributed by atoms with Crippen LogP contribution in [0.1, 0.15) is 29.7 Å². The predicted octanol–water partition coefficient (Wildman–Crippen LogP) is 4.31.